The van der Waals surface area contributed by atoms with Gasteiger partial charge in [0.15, 0.2) is 11.8 Å². The minimum absolute atomic E-state index is 0.173. The van der Waals surface area contributed by atoms with Gasteiger partial charge in [-0.1, -0.05) is 42.5 Å². The lowest BCUT2D eigenvalue weighted by atomic mass is 9.96. The molecule has 0 saturated heterocycles. The zero-order chi connectivity index (χ0) is 18.0. The normalized spacial score (nSPS) is 21.0. The molecule has 2 atom stereocenters. The van der Waals surface area contributed by atoms with Crippen molar-refractivity contribution in [2.24, 2.45) is 5.10 Å². The second-order valence-electron chi connectivity index (χ2n) is 6.02. The van der Waals surface area contributed by atoms with Crippen molar-refractivity contribution in [3.8, 4) is 5.75 Å². The van der Waals surface area contributed by atoms with Gasteiger partial charge in [-0.15, -0.1) is 0 Å². The molecule has 0 aliphatic carbocycles. The van der Waals surface area contributed by atoms with Crippen molar-refractivity contribution in [2.75, 3.05) is 7.11 Å². The molecule has 1 aliphatic heterocycles. The molecule has 0 radical (unpaired) electrons. The second-order valence-corrected chi connectivity index (χ2v) is 6.02. The first-order chi connectivity index (χ1) is 12.0. The molecular weight excluding hydrogens is 320 g/mol. The van der Waals surface area contributed by atoms with Crippen LogP contribution in [0.1, 0.15) is 30.6 Å². The summed E-state index contributed by atoms with van der Waals surface area (Å²) in [5, 5.41) is 26.7. The Hall–Kier alpha value is -2.70. The minimum atomic E-state index is -1.64. The largest absolute Gasteiger partial charge is 0.497 e. The van der Waals surface area contributed by atoms with E-state index in [0.29, 0.717) is 22.6 Å². The molecule has 1 amide bonds. The minimum Gasteiger partial charge on any atom is -0.497 e. The summed E-state index contributed by atoms with van der Waals surface area (Å²) >= 11 is 0. The fourth-order valence-electron chi connectivity index (χ4n) is 2.93. The van der Waals surface area contributed by atoms with Gasteiger partial charge in [0, 0.05) is 17.7 Å². The summed E-state index contributed by atoms with van der Waals surface area (Å²) in [7, 11) is 1.55. The van der Waals surface area contributed by atoms with Crippen LogP contribution in [0, 0.1) is 0 Å². The predicted molar refractivity (Wildman–Crippen MR) is 92.9 cm³/mol. The number of aliphatic hydroxyl groups excluding tert-OH is 1. The van der Waals surface area contributed by atoms with E-state index in [1.807, 2.05) is 0 Å². The average Bonchev–Trinajstić information content (AvgIpc) is 2.96. The Morgan fingerprint density at radius 1 is 1.20 bits per heavy atom. The van der Waals surface area contributed by atoms with Crippen LogP contribution < -0.4 is 4.74 Å². The van der Waals surface area contributed by atoms with Crippen molar-refractivity contribution in [1.29, 1.82) is 0 Å². The molecule has 3 rings (SSSR count). The maximum atomic E-state index is 12.8. The number of amides is 1. The Morgan fingerprint density at radius 2 is 1.84 bits per heavy atom. The first-order valence-electron chi connectivity index (χ1n) is 7.94. The smallest absolute Gasteiger partial charge is 0.279 e. The van der Waals surface area contributed by atoms with Crippen LogP contribution >= 0.6 is 0 Å². The van der Waals surface area contributed by atoms with Gasteiger partial charge in [-0.3, -0.25) is 4.79 Å². The van der Waals surface area contributed by atoms with Crippen molar-refractivity contribution < 1.29 is 19.7 Å². The van der Waals surface area contributed by atoms with E-state index in [1.54, 1.807) is 68.6 Å². The first-order valence-corrected chi connectivity index (χ1v) is 7.94. The summed E-state index contributed by atoms with van der Waals surface area (Å²) in [6.45, 7) is 1.73. The summed E-state index contributed by atoms with van der Waals surface area (Å²) in [6.07, 6.45) is -1.23. The van der Waals surface area contributed by atoms with Gasteiger partial charge in [0.05, 0.1) is 7.11 Å². The van der Waals surface area contributed by atoms with Crippen LogP contribution in [-0.2, 0) is 10.5 Å². The number of aliphatic hydroxyl groups is 2. The van der Waals surface area contributed by atoms with E-state index >= 15 is 0 Å². The first kappa shape index (κ1) is 17.1. The van der Waals surface area contributed by atoms with Gasteiger partial charge >= 0.3 is 0 Å². The molecule has 0 saturated carbocycles. The van der Waals surface area contributed by atoms with Crippen molar-refractivity contribution in [3.05, 3.63) is 65.7 Å². The lowest BCUT2D eigenvalue weighted by Crippen LogP contribution is -2.45. The highest BCUT2D eigenvalue weighted by Crippen LogP contribution is 2.37. The summed E-state index contributed by atoms with van der Waals surface area (Å²) in [6, 6.07) is 15.4. The number of benzene rings is 2. The molecule has 0 aromatic heterocycles. The van der Waals surface area contributed by atoms with Crippen LogP contribution in [0.25, 0.3) is 0 Å². The number of hydrogen-bond acceptors (Lipinski definition) is 5. The quantitative estimate of drug-likeness (QED) is 0.894. The Morgan fingerprint density at radius 3 is 2.44 bits per heavy atom. The maximum absolute atomic E-state index is 12.8. The van der Waals surface area contributed by atoms with Crippen LogP contribution in [0.3, 0.4) is 0 Å². The molecule has 0 spiro atoms. The molecule has 0 unspecified atom stereocenters. The third-order valence-electron chi connectivity index (χ3n) is 4.23. The summed E-state index contributed by atoms with van der Waals surface area (Å²) in [5.74, 6) is -0.0356. The number of rotatable bonds is 4. The summed E-state index contributed by atoms with van der Waals surface area (Å²) < 4.78 is 5.13. The van der Waals surface area contributed by atoms with Crippen LogP contribution in [0.5, 0.6) is 5.75 Å². The molecule has 0 fully saturated rings. The molecule has 130 valence electrons. The number of nitrogens with zero attached hydrogens (tertiary/aromatic N) is 2. The second kappa shape index (κ2) is 6.66. The molecule has 6 nitrogen and oxygen atoms in total. The molecule has 2 aromatic carbocycles. The zero-order valence-corrected chi connectivity index (χ0v) is 14.1. The SMILES string of the molecule is COc1ccc([C@]2(O)CC(C)=NN2C(=O)[C@@H](O)c2ccccc2)cc1. The summed E-state index contributed by atoms with van der Waals surface area (Å²) in [5.41, 5.74) is -0.0813. The van der Waals surface area contributed by atoms with E-state index < -0.39 is 17.7 Å². The Labute approximate surface area is 146 Å². The molecule has 0 bridgehead atoms. The van der Waals surface area contributed by atoms with Crippen molar-refractivity contribution in [2.45, 2.75) is 25.2 Å². The average molecular weight is 340 g/mol. The molecule has 25 heavy (non-hydrogen) atoms. The fraction of sp³-hybridized carbons (Fsp3) is 0.263. The number of carbonyl (C=O) groups is 1. The van der Waals surface area contributed by atoms with Crippen molar-refractivity contribution >= 4 is 11.6 Å². The molecule has 1 aliphatic rings. The number of carbonyl (C=O) groups excluding carboxylic acids is 1. The van der Waals surface area contributed by atoms with E-state index in [2.05, 4.69) is 5.10 Å². The van der Waals surface area contributed by atoms with Crippen LogP contribution in [-0.4, -0.2) is 34.0 Å². The van der Waals surface area contributed by atoms with Gasteiger partial charge < -0.3 is 14.9 Å². The number of methoxy groups -OCH3 is 1. The van der Waals surface area contributed by atoms with Crippen molar-refractivity contribution in [3.63, 3.8) is 0 Å². The lowest BCUT2D eigenvalue weighted by Gasteiger charge is -2.32. The standard InChI is InChI=1S/C19H20N2O4/c1-13-12-19(24,15-8-10-16(25-2)11-9-15)21(20-13)18(23)17(22)14-6-4-3-5-7-14/h3-11,17,22,24H,12H2,1-2H3/t17-,19+/m0/s1. The van der Waals surface area contributed by atoms with Crippen LogP contribution in [0.15, 0.2) is 59.7 Å². The van der Waals surface area contributed by atoms with Crippen LogP contribution in [0.2, 0.25) is 0 Å². The highest BCUT2D eigenvalue weighted by Gasteiger charge is 2.46. The van der Waals surface area contributed by atoms with Crippen LogP contribution in [0.4, 0.5) is 0 Å². The van der Waals surface area contributed by atoms with E-state index in [0.717, 1.165) is 5.01 Å². The van der Waals surface area contributed by atoms with E-state index in [4.69, 9.17) is 4.74 Å². The molecular formula is C19H20N2O4. The Balaban J connectivity index is 1.93. The van der Waals surface area contributed by atoms with Gasteiger partial charge in [0.1, 0.15) is 5.75 Å². The van der Waals surface area contributed by atoms with E-state index in [1.165, 1.54) is 0 Å². The topological polar surface area (TPSA) is 82.4 Å². The van der Waals surface area contributed by atoms with Gasteiger partial charge in [-0.25, -0.2) is 0 Å². The predicted octanol–water partition coefficient (Wildman–Crippen LogP) is 2.18. The third-order valence-corrected chi connectivity index (χ3v) is 4.23. The van der Waals surface area contributed by atoms with E-state index in [-0.39, 0.29) is 6.42 Å². The zero-order valence-electron chi connectivity index (χ0n) is 14.1. The highest BCUT2D eigenvalue weighted by atomic mass is 16.5. The Bertz CT molecular complexity index is 789. The third kappa shape index (κ3) is 3.14. The summed E-state index contributed by atoms with van der Waals surface area (Å²) in [4.78, 5) is 12.8. The van der Waals surface area contributed by atoms with E-state index in [9.17, 15) is 15.0 Å². The van der Waals surface area contributed by atoms with Gasteiger partial charge in [0.2, 0.25) is 0 Å². The fourth-order valence-corrected chi connectivity index (χ4v) is 2.93. The monoisotopic (exact) mass is 340 g/mol. The highest BCUT2D eigenvalue weighted by molar-refractivity contribution is 5.91. The molecule has 6 heteroatoms. The Kier molecular flexibility index (Phi) is 4.57. The molecule has 1 heterocycles. The number of hydrazone groups is 1. The van der Waals surface area contributed by atoms with Crippen molar-refractivity contribution in [1.82, 2.24) is 5.01 Å². The maximum Gasteiger partial charge on any atom is 0.279 e. The van der Waals surface area contributed by atoms with Gasteiger partial charge in [-0.05, 0) is 24.6 Å². The van der Waals surface area contributed by atoms with Gasteiger partial charge in [0.25, 0.3) is 5.91 Å². The molecule has 2 N–H and O–H groups in total. The molecule has 2 aromatic rings. The number of ether oxygens (including phenoxy) is 1. The van der Waals surface area contributed by atoms with Gasteiger partial charge in [-0.2, -0.15) is 10.1 Å². The number of hydrogen-bond donors (Lipinski definition) is 2. The lowest BCUT2D eigenvalue weighted by molar-refractivity contribution is -0.167.